The van der Waals surface area contributed by atoms with Crippen LogP contribution in [-0.4, -0.2) is 46.3 Å². The lowest BCUT2D eigenvalue weighted by molar-refractivity contribution is -0.134. The normalized spacial score (nSPS) is 24.9. The van der Waals surface area contributed by atoms with Gasteiger partial charge in [0.05, 0.1) is 6.04 Å². The average molecular weight is 380 g/mol. The van der Waals surface area contributed by atoms with E-state index in [9.17, 15) is 9.35 Å². The van der Waals surface area contributed by atoms with Crippen LogP contribution in [-0.2, 0) is 22.7 Å². The SMILES string of the molecule is CN(C)C(=O)[C@H]1CC[C@H](N[S+]([O-])C(C)(C)C)[C@H](NCc2ccccc2)C1. The van der Waals surface area contributed by atoms with Crippen LogP contribution < -0.4 is 10.0 Å². The summed E-state index contributed by atoms with van der Waals surface area (Å²) in [7, 11) is 3.63. The second-order valence-corrected chi connectivity index (χ2v) is 10.3. The van der Waals surface area contributed by atoms with Crippen LogP contribution in [0.4, 0.5) is 0 Å². The summed E-state index contributed by atoms with van der Waals surface area (Å²) in [5, 5.41) is 3.60. The first kappa shape index (κ1) is 21.2. The van der Waals surface area contributed by atoms with Crippen molar-refractivity contribution < 1.29 is 9.35 Å². The fourth-order valence-corrected chi connectivity index (χ4v) is 4.20. The molecule has 0 bridgehead atoms. The third kappa shape index (κ3) is 5.98. The zero-order valence-electron chi connectivity index (χ0n) is 16.6. The highest BCUT2D eigenvalue weighted by Gasteiger charge is 2.38. The molecule has 1 aromatic rings. The Kier molecular flexibility index (Phi) is 7.52. The van der Waals surface area contributed by atoms with Crippen LogP contribution in [0.2, 0.25) is 0 Å². The van der Waals surface area contributed by atoms with E-state index in [0.29, 0.717) is 0 Å². The summed E-state index contributed by atoms with van der Waals surface area (Å²) >= 11 is -1.12. The zero-order valence-corrected chi connectivity index (χ0v) is 17.4. The molecule has 0 aromatic heterocycles. The Labute approximate surface area is 161 Å². The molecular formula is C20H33N3O2S. The predicted molar refractivity (Wildman–Crippen MR) is 108 cm³/mol. The van der Waals surface area contributed by atoms with E-state index in [2.05, 4.69) is 22.2 Å². The van der Waals surface area contributed by atoms with Gasteiger partial charge < -0.3 is 14.8 Å². The molecular weight excluding hydrogens is 346 g/mol. The fraction of sp³-hybridized carbons (Fsp3) is 0.650. The number of carbonyl (C=O) groups excluding carboxylic acids is 1. The molecule has 0 radical (unpaired) electrons. The summed E-state index contributed by atoms with van der Waals surface area (Å²) in [6.07, 6.45) is 2.45. The number of amides is 1. The predicted octanol–water partition coefficient (Wildman–Crippen LogP) is 2.45. The first-order valence-electron chi connectivity index (χ1n) is 9.35. The molecule has 1 aliphatic carbocycles. The molecule has 1 aliphatic rings. The molecule has 4 atom stereocenters. The Hall–Kier alpha value is -1.08. The van der Waals surface area contributed by atoms with Gasteiger partial charge in [-0.3, -0.25) is 4.79 Å². The summed E-state index contributed by atoms with van der Waals surface area (Å²) in [6.45, 7) is 6.67. The second-order valence-electron chi connectivity index (χ2n) is 8.32. The molecule has 6 heteroatoms. The van der Waals surface area contributed by atoms with Gasteiger partial charge in [-0.1, -0.05) is 30.3 Å². The van der Waals surface area contributed by atoms with E-state index in [1.54, 1.807) is 4.90 Å². The number of nitrogens with zero attached hydrogens (tertiary/aromatic N) is 1. The number of benzene rings is 1. The van der Waals surface area contributed by atoms with Crippen molar-refractivity contribution in [3.63, 3.8) is 0 Å². The van der Waals surface area contributed by atoms with Crippen molar-refractivity contribution in [2.45, 2.75) is 63.4 Å². The first-order chi connectivity index (χ1) is 12.2. The average Bonchev–Trinajstić information content (AvgIpc) is 2.60. The van der Waals surface area contributed by atoms with Gasteiger partial charge in [-0.25, -0.2) is 0 Å². The number of rotatable bonds is 6. The van der Waals surface area contributed by atoms with Gasteiger partial charge in [-0.2, -0.15) is 0 Å². The van der Waals surface area contributed by atoms with E-state index >= 15 is 0 Å². The van der Waals surface area contributed by atoms with Gasteiger partial charge in [0.15, 0.2) is 0 Å². The quantitative estimate of drug-likeness (QED) is 0.745. The molecule has 0 heterocycles. The molecule has 1 aromatic carbocycles. The van der Waals surface area contributed by atoms with E-state index in [-0.39, 0.29) is 28.7 Å². The first-order valence-corrected chi connectivity index (χ1v) is 10.5. The van der Waals surface area contributed by atoms with Crippen molar-refractivity contribution in [3.05, 3.63) is 35.9 Å². The summed E-state index contributed by atoms with van der Waals surface area (Å²) < 4.78 is 15.6. The smallest absolute Gasteiger partial charge is 0.225 e. The maximum atomic E-state index is 12.6. The van der Waals surface area contributed by atoms with Gasteiger partial charge in [0.2, 0.25) is 5.91 Å². The molecule has 5 nitrogen and oxygen atoms in total. The van der Waals surface area contributed by atoms with Crippen molar-refractivity contribution in [3.8, 4) is 0 Å². The van der Waals surface area contributed by atoms with Gasteiger partial charge in [-0.15, -0.1) is 4.72 Å². The monoisotopic (exact) mass is 379 g/mol. The minimum atomic E-state index is -1.12. The standard InChI is InChI=1S/C20H33N3O2S/c1-20(2,3)26(25)22-17-12-11-16(19(24)23(4)5)13-18(17)21-14-15-9-7-6-8-10-15/h6-10,16-18,21-22H,11-14H2,1-5H3/t16-,17-,18+,26?/m0/s1. The molecule has 1 unspecified atom stereocenters. The van der Waals surface area contributed by atoms with Crippen molar-refractivity contribution in [1.82, 2.24) is 14.9 Å². The lowest BCUT2D eigenvalue weighted by Crippen LogP contribution is -2.56. The number of nitrogens with one attached hydrogen (secondary N) is 2. The molecule has 0 saturated heterocycles. The van der Waals surface area contributed by atoms with E-state index in [0.717, 1.165) is 25.8 Å². The molecule has 1 amide bonds. The van der Waals surface area contributed by atoms with Crippen molar-refractivity contribution in [2.75, 3.05) is 14.1 Å². The summed E-state index contributed by atoms with van der Waals surface area (Å²) in [6, 6.07) is 10.5. The second kappa shape index (κ2) is 9.22. The van der Waals surface area contributed by atoms with Crippen LogP contribution in [0, 0.1) is 5.92 Å². The maximum absolute atomic E-state index is 12.6. The highest BCUT2D eigenvalue weighted by atomic mass is 32.2. The number of hydrogen-bond acceptors (Lipinski definition) is 4. The Bertz CT molecular complexity index is 574. The maximum Gasteiger partial charge on any atom is 0.225 e. The van der Waals surface area contributed by atoms with Gasteiger partial charge >= 0.3 is 0 Å². The highest BCUT2D eigenvalue weighted by molar-refractivity contribution is 7.90. The minimum Gasteiger partial charge on any atom is -0.598 e. The topological polar surface area (TPSA) is 67.4 Å². The third-order valence-electron chi connectivity index (χ3n) is 4.87. The van der Waals surface area contributed by atoms with E-state index in [1.807, 2.05) is 53.1 Å². The van der Waals surface area contributed by atoms with Crippen LogP contribution in [0.1, 0.15) is 45.6 Å². The third-order valence-corrected chi connectivity index (χ3v) is 6.50. The molecule has 2 rings (SSSR count). The van der Waals surface area contributed by atoms with Crippen LogP contribution in [0.5, 0.6) is 0 Å². The molecule has 0 aliphatic heterocycles. The molecule has 26 heavy (non-hydrogen) atoms. The summed E-state index contributed by atoms with van der Waals surface area (Å²) in [5.41, 5.74) is 1.21. The largest absolute Gasteiger partial charge is 0.598 e. The Morgan fingerprint density at radius 3 is 2.42 bits per heavy atom. The lowest BCUT2D eigenvalue weighted by atomic mass is 9.82. The molecule has 1 fully saturated rings. The Balaban J connectivity index is 2.06. The van der Waals surface area contributed by atoms with Gasteiger partial charge in [0, 0.05) is 44.0 Å². The van der Waals surface area contributed by atoms with E-state index in [1.165, 1.54) is 5.56 Å². The van der Waals surface area contributed by atoms with Gasteiger partial charge in [0.1, 0.15) is 4.75 Å². The van der Waals surface area contributed by atoms with Crippen LogP contribution in [0.15, 0.2) is 30.3 Å². The summed E-state index contributed by atoms with van der Waals surface area (Å²) in [5.74, 6) is 0.214. The molecule has 146 valence electrons. The number of hydrogen-bond donors (Lipinski definition) is 2. The molecule has 1 saturated carbocycles. The zero-order chi connectivity index (χ0) is 19.3. The fourth-order valence-electron chi connectivity index (χ4n) is 3.29. The van der Waals surface area contributed by atoms with E-state index in [4.69, 9.17) is 0 Å². The van der Waals surface area contributed by atoms with Crippen molar-refractivity contribution >= 4 is 17.3 Å². The highest BCUT2D eigenvalue weighted by Crippen LogP contribution is 2.28. The van der Waals surface area contributed by atoms with Crippen molar-refractivity contribution in [1.29, 1.82) is 0 Å². The van der Waals surface area contributed by atoms with Crippen LogP contribution in [0.25, 0.3) is 0 Å². The molecule has 0 spiro atoms. The van der Waals surface area contributed by atoms with Gasteiger partial charge in [-0.05, 0) is 45.6 Å². The van der Waals surface area contributed by atoms with Crippen molar-refractivity contribution in [2.24, 2.45) is 5.92 Å². The van der Waals surface area contributed by atoms with Crippen LogP contribution >= 0.6 is 0 Å². The number of carbonyl (C=O) groups is 1. The van der Waals surface area contributed by atoms with Gasteiger partial charge in [0.25, 0.3) is 0 Å². The minimum absolute atomic E-state index is 0.0272. The Morgan fingerprint density at radius 1 is 1.19 bits per heavy atom. The van der Waals surface area contributed by atoms with Crippen LogP contribution in [0.3, 0.4) is 0 Å². The lowest BCUT2D eigenvalue weighted by Gasteiger charge is -2.38. The Morgan fingerprint density at radius 2 is 1.85 bits per heavy atom. The molecule has 2 N–H and O–H groups in total. The van der Waals surface area contributed by atoms with E-state index < -0.39 is 11.4 Å². The summed E-state index contributed by atoms with van der Waals surface area (Å²) in [4.78, 5) is 14.1.